The number of hydrogen-bond donors (Lipinski definition) is 0. The van der Waals surface area contributed by atoms with E-state index >= 15 is 0 Å². The fraction of sp³-hybridized carbons (Fsp3) is 0.800. The minimum atomic E-state index is -0.267. The van der Waals surface area contributed by atoms with E-state index in [1.807, 2.05) is 0 Å². The van der Waals surface area contributed by atoms with Crippen LogP contribution in [0.15, 0.2) is 0 Å². The maximum absolute atomic E-state index is 11.5. The molecule has 0 rings (SSSR count). The first-order valence-corrected chi connectivity index (χ1v) is 7.34. The van der Waals surface area contributed by atoms with E-state index in [9.17, 15) is 14.4 Å². The Bertz CT molecular complexity index is 299. The number of esters is 2. The maximum atomic E-state index is 11.5. The Morgan fingerprint density at radius 3 is 1.90 bits per heavy atom. The highest BCUT2D eigenvalue weighted by Crippen LogP contribution is 2.09. The molecule has 0 aliphatic heterocycles. The third kappa shape index (κ3) is 11.7. The SMILES string of the molecule is CCOC(=O)CCCCCCC(=O)CCCC(=O)OC. The number of ether oxygens (including phenoxy) is 2. The van der Waals surface area contributed by atoms with Crippen molar-refractivity contribution in [2.45, 2.75) is 64.7 Å². The Kier molecular flexibility index (Phi) is 11.8. The van der Waals surface area contributed by atoms with Gasteiger partial charge in [0.1, 0.15) is 5.78 Å². The largest absolute Gasteiger partial charge is 0.469 e. The molecule has 5 heteroatoms. The van der Waals surface area contributed by atoms with Crippen LogP contribution in [0.1, 0.15) is 64.7 Å². The van der Waals surface area contributed by atoms with Crippen molar-refractivity contribution < 1.29 is 23.9 Å². The summed E-state index contributed by atoms with van der Waals surface area (Å²) < 4.78 is 9.33. The van der Waals surface area contributed by atoms with Crippen LogP contribution in [0.4, 0.5) is 0 Å². The highest BCUT2D eigenvalue weighted by molar-refractivity contribution is 5.79. The molecule has 0 fully saturated rings. The molecule has 0 aliphatic carbocycles. The smallest absolute Gasteiger partial charge is 0.305 e. The Balaban J connectivity index is 3.35. The third-order valence-electron chi connectivity index (χ3n) is 2.96. The number of Topliss-reactive ketones (excluding diaryl/α,β-unsaturated/α-hetero) is 1. The Morgan fingerprint density at radius 1 is 0.750 bits per heavy atom. The normalized spacial score (nSPS) is 10.1. The first-order valence-electron chi connectivity index (χ1n) is 7.34. The standard InChI is InChI=1S/C15H26O5/c1-3-20-15(18)11-7-5-4-6-9-13(16)10-8-12-14(17)19-2/h3-12H2,1-2H3. The highest BCUT2D eigenvalue weighted by atomic mass is 16.5. The highest BCUT2D eigenvalue weighted by Gasteiger charge is 2.05. The van der Waals surface area contributed by atoms with Crippen molar-refractivity contribution in [2.24, 2.45) is 0 Å². The van der Waals surface area contributed by atoms with Crippen LogP contribution in [0.25, 0.3) is 0 Å². The summed E-state index contributed by atoms with van der Waals surface area (Å²) in [6, 6.07) is 0. The van der Waals surface area contributed by atoms with Crippen molar-refractivity contribution in [3.63, 3.8) is 0 Å². The second-order valence-electron chi connectivity index (χ2n) is 4.69. The average molecular weight is 286 g/mol. The molecular formula is C15H26O5. The van der Waals surface area contributed by atoms with Gasteiger partial charge < -0.3 is 9.47 Å². The van der Waals surface area contributed by atoms with E-state index in [0.717, 1.165) is 25.7 Å². The lowest BCUT2D eigenvalue weighted by atomic mass is 10.1. The van der Waals surface area contributed by atoms with Gasteiger partial charge in [0.2, 0.25) is 0 Å². The van der Waals surface area contributed by atoms with E-state index in [1.165, 1.54) is 7.11 Å². The molecule has 0 spiro atoms. The van der Waals surface area contributed by atoms with Gasteiger partial charge in [-0.1, -0.05) is 12.8 Å². The zero-order valence-corrected chi connectivity index (χ0v) is 12.6. The predicted octanol–water partition coefficient (Wildman–Crippen LogP) is 2.80. The number of methoxy groups -OCH3 is 1. The van der Waals surface area contributed by atoms with Gasteiger partial charge in [0.25, 0.3) is 0 Å². The van der Waals surface area contributed by atoms with E-state index in [-0.39, 0.29) is 17.7 Å². The minimum absolute atomic E-state index is 0.147. The molecule has 0 aromatic rings. The number of ketones is 1. The monoisotopic (exact) mass is 286 g/mol. The van der Waals surface area contributed by atoms with Crippen LogP contribution < -0.4 is 0 Å². The molecule has 20 heavy (non-hydrogen) atoms. The molecule has 0 saturated heterocycles. The van der Waals surface area contributed by atoms with Crippen LogP contribution in [0.5, 0.6) is 0 Å². The molecule has 0 N–H and O–H groups in total. The third-order valence-corrected chi connectivity index (χ3v) is 2.96. The lowest BCUT2D eigenvalue weighted by Gasteiger charge is -2.03. The van der Waals surface area contributed by atoms with E-state index < -0.39 is 0 Å². The molecule has 0 saturated carbocycles. The zero-order valence-electron chi connectivity index (χ0n) is 12.6. The summed E-state index contributed by atoms with van der Waals surface area (Å²) in [5, 5.41) is 0. The fourth-order valence-electron chi connectivity index (χ4n) is 1.84. The Morgan fingerprint density at radius 2 is 1.30 bits per heavy atom. The molecule has 0 bridgehead atoms. The molecule has 0 amide bonds. The lowest BCUT2D eigenvalue weighted by molar-refractivity contribution is -0.143. The molecule has 0 aliphatic rings. The second kappa shape index (κ2) is 12.6. The van der Waals surface area contributed by atoms with Crippen LogP contribution >= 0.6 is 0 Å². The predicted molar refractivity (Wildman–Crippen MR) is 75.2 cm³/mol. The molecule has 0 radical (unpaired) electrons. The topological polar surface area (TPSA) is 69.7 Å². The van der Waals surface area contributed by atoms with Crippen LogP contribution in [-0.4, -0.2) is 31.4 Å². The van der Waals surface area contributed by atoms with Gasteiger partial charge in [-0.15, -0.1) is 0 Å². The summed E-state index contributed by atoms with van der Waals surface area (Å²) in [6.45, 7) is 2.22. The van der Waals surface area contributed by atoms with Crippen molar-refractivity contribution >= 4 is 17.7 Å². The Hall–Kier alpha value is -1.39. The van der Waals surface area contributed by atoms with Crippen LogP contribution in [0.3, 0.4) is 0 Å². The average Bonchev–Trinajstić information content (AvgIpc) is 2.42. The fourth-order valence-corrected chi connectivity index (χ4v) is 1.84. The summed E-state index contributed by atoms with van der Waals surface area (Å²) in [5.41, 5.74) is 0. The van der Waals surface area contributed by atoms with Gasteiger partial charge in [-0.25, -0.2) is 0 Å². The molecule has 0 aromatic heterocycles. The van der Waals surface area contributed by atoms with E-state index in [0.29, 0.717) is 38.7 Å². The molecule has 5 nitrogen and oxygen atoms in total. The molecule has 0 aromatic carbocycles. The maximum Gasteiger partial charge on any atom is 0.305 e. The molecule has 0 heterocycles. The van der Waals surface area contributed by atoms with Crippen molar-refractivity contribution in [2.75, 3.05) is 13.7 Å². The summed E-state index contributed by atoms with van der Waals surface area (Å²) >= 11 is 0. The lowest BCUT2D eigenvalue weighted by Crippen LogP contribution is -2.04. The zero-order chi connectivity index (χ0) is 15.2. The summed E-state index contributed by atoms with van der Waals surface area (Å²) in [7, 11) is 1.35. The van der Waals surface area contributed by atoms with Gasteiger partial charge in [-0.3, -0.25) is 14.4 Å². The number of unbranched alkanes of at least 4 members (excludes halogenated alkanes) is 3. The van der Waals surface area contributed by atoms with Crippen molar-refractivity contribution in [1.82, 2.24) is 0 Å². The Labute approximate surface area is 121 Å². The van der Waals surface area contributed by atoms with Crippen molar-refractivity contribution in [3.8, 4) is 0 Å². The number of hydrogen-bond acceptors (Lipinski definition) is 5. The summed E-state index contributed by atoms with van der Waals surface area (Å²) in [4.78, 5) is 33.4. The summed E-state index contributed by atoms with van der Waals surface area (Å²) in [5.74, 6) is -0.220. The first kappa shape index (κ1) is 18.6. The number of carbonyl (C=O) groups excluding carboxylic acids is 3. The van der Waals surface area contributed by atoms with E-state index in [4.69, 9.17) is 4.74 Å². The van der Waals surface area contributed by atoms with Gasteiger partial charge >= 0.3 is 11.9 Å². The van der Waals surface area contributed by atoms with Crippen molar-refractivity contribution in [1.29, 1.82) is 0 Å². The van der Waals surface area contributed by atoms with Gasteiger partial charge in [-0.05, 0) is 26.2 Å². The van der Waals surface area contributed by atoms with E-state index in [2.05, 4.69) is 4.74 Å². The van der Waals surface area contributed by atoms with Crippen LogP contribution in [0, 0.1) is 0 Å². The molecule has 0 atom stereocenters. The number of rotatable bonds is 12. The van der Waals surface area contributed by atoms with E-state index in [1.54, 1.807) is 6.92 Å². The molecule has 0 unspecified atom stereocenters. The second-order valence-corrected chi connectivity index (χ2v) is 4.69. The summed E-state index contributed by atoms with van der Waals surface area (Å²) in [6.07, 6.45) is 5.88. The molecule has 116 valence electrons. The van der Waals surface area contributed by atoms with Gasteiger partial charge in [0, 0.05) is 25.7 Å². The first-order chi connectivity index (χ1) is 9.60. The van der Waals surface area contributed by atoms with Crippen LogP contribution in [-0.2, 0) is 23.9 Å². The minimum Gasteiger partial charge on any atom is -0.469 e. The van der Waals surface area contributed by atoms with Crippen molar-refractivity contribution in [3.05, 3.63) is 0 Å². The molecular weight excluding hydrogens is 260 g/mol. The van der Waals surface area contributed by atoms with Crippen LogP contribution in [0.2, 0.25) is 0 Å². The quantitative estimate of drug-likeness (QED) is 0.407. The van der Waals surface area contributed by atoms with Gasteiger partial charge in [-0.2, -0.15) is 0 Å². The van der Waals surface area contributed by atoms with Gasteiger partial charge in [0.15, 0.2) is 0 Å². The number of carbonyl (C=O) groups is 3. The van der Waals surface area contributed by atoms with Gasteiger partial charge in [0.05, 0.1) is 13.7 Å².